The lowest BCUT2D eigenvalue weighted by atomic mass is 10.2. The molecular formula is C11H18NO3P. The van der Waals surface area contributed by atoms with E-state index >= 15 is 0 Å². The average Bonchev–Trinajstić information content (AvgIpc) is 2.29. The highest BCUT2D eigenvalue weighted by atomic mass is 31.2. The molecule has 4 nitrogen and oxygen atoms in total. The smallest absolute Gasteiger partial charge is 0.309 e. The van der Waals surface area contributed by atoms with Gasteiger partial charge in [0.15, 0.2) is 0 Å². The highest BCUT2D eigenvalue weighted by Crippen LogP contribution is 2.48. The third-order valence-corrected chi connectivity index (χ3v) is 4.12. The molecule has 1 heterocycles. The van der Waals surface area contributed by atoms with Gasteiger partial charge in [-0.3, -0.25) is 9.55 Å². The summed E-state index contributed by atoms with van der Waals surface area (Å²) >= 11 is 0. The van der Waals surface area contributed by atoms with Gasteiger partial charge in [-0.15, -0.1) is 0 Å². The van der Waals surface area contributed by atoms with Crippen LogP contribution in [0.5, 0.6) is 0 Å². The fraction of sp³-hybridized carbons (Fsp3) is 0.545. The fourth-order valence-electron chi connectivity index (χ4n) is 1.37. The first-order chi connectivity index (χ1) is 7.70. The second-order valence-corrected chi connectivity index (χ2v) is 5.47. The van der Waals surface area contributed by atoms with E-state index in [1.165, 1.54) is 0 Å². The van der Waals surface area contributed by atoms with Crippen LogP contribution in [0, 0.1) is 0 Å². The minimum Gasteiger partial charge on any atom is -0.309 e. The second kappa shape index (κ2) is 6.79. The number of aryl methyl sites for hydroxylation is 1. The SMILES string of the molecule is CCOP(=O)(CCc1cccnc1)OCC. The van der Waals surface area contributed by atoms with E-state index in [1.54, 1.807) is 12.4 Å². The van der Waals surface area contributed by atoms with Crippen LogP contribution >= 0.6 is 7.60 Å². The van der Waals surface area contributed by atoms with Crippen LogP contribution in [0.4, 0.5) is 0 Å². The summed E-state index contributed by atoms with van der Waals surface area (Å²) in [4.78, 5) is 4.01. The summed E-state index contributed by atoms with van der Waals surface area (Å²) in [6, 6.07) is 3.82. The number of hydrogen-bond donors (Lipinski definition) is 0. The van der Waals surface area contributed by atoms with Gasteiger partial charge < -0.3 is 9.05 Å². The van der Waals surface area contributed by atoms with Gasteiger partial charge in [0, 0.05) is 12.4 Å². The first kappa shape index (κ1) is 13.4. The molecule has 0 atom stereocenters. The third kappa shape index (κ3) is 4.44. The molecule has 1 aromatic heterocycles. The van der Waals surface area contributed by atoms with Crippen LogP contribution in [0.2, 0.25) is 0 Å². The van der Waals surface area contributed by atoms with Crippen LogP contribution in [-0.2, 0) is 20.0 Å². The minimum atomic E-state index is -2.91. The van der Waals surface area contributed by atoms with Crippen LogP contribution in [0.3, 0.4) is 0 Å². The summed E-state index contributed by atoms with van der Waals surface area (Å²) in [6.07, 6.45) is 4.54. The van der Waals surface area contributed by atoms with E-state index in [1.807, 2.05) is 26.0 Å². The Morgan fingerprint density at radius 2 is 2.00 bits per heavy atom. The highest BCUT2D eigenvalue weighted by molar-refractivity contribution is 7.53. The summed E-state index contributed by atoms with van der Waals surface area (Å²) in [5.41, 5.74) is 1.04. The average molecular weight is 243 g/mol. The summed E-state index contributed by atoms with van der Waals surface area (Å²) in [6.45, 7) is 4.44. The molecule has 0 unspecified atom stereocenters. The monoisotopic (exact) mass is 243 g/mol. The standard InChI is InChI=1S/C11H18NO3P/c1-3-14-16(13,15-4-2)9-7-11-6-5-8-12-10-11/h5-6,8,10H,3-4,7,9H2,1-2H3. The Bertz CT molecular complexity index is 332. The topological polar surface area (TPSA) is 48.4 Å². The van der Waals surface area contributed by atoms with Gasteiger partial charge in [-0.05, 0) is 31.9 Å². The van der Waals surface area contributed by atoms with Crippen molar-refractivity contribution in [3.63, 3.8) is 0 Å². The zero-order chi connectivity index (χ0) is 11.9. The third-order valence-electron chi connectivity index (χ3n) is 2.05. The molecule has 0 radical (unpaired) electrons. The van der Waals surface area contributed by atoms with Gasteiger partial charge >= 0.3 is 7.60 Å². The summed E-state index contributed by atoms with van der Waals surface area (Å²) < 4.78 is 22.5. The largest absolute Gasteiger partial charge is 0.330 e. The van der Waals surface area contributed by atoms with Gasteiger partial charge in [-0.25, -0.2) is 0 Å². The van der Waals surface area contributed by atoms with E-state index in [2.05, 4.69) is 4.98 Å². The lowest BCUT2D eigenvalue weighted by Crippen LogP contribution is -2.02. The number of aromatic nitrogens is 1. The second-order valence-electron chi connectivity index (χ2n) is 3.28. The Labute approximate surface area is 96.5 Å². The predicted molar refractivity (Wildman–Crippen MR) is 63.7 cm³/mol. The molecule has 1 aromatic rings. The molecule has 0 saturated heterocycles. The lowest BCUT2D eigenvalue weighted by Gasteiger charge is -2.16. The van der Waals surface area contributed by atoms with Crippen molar-refractivity contribution in [1.82, 2.24) is 4.98 Å². The minimum absolute atomic E-state index is 0.403. The number of rotatable bonds is 7. The van der Waals surface area contributed by atoms with Crippen molar-refractivity contribution in [1.29, 1.82) is 0 Å². The van der Waals surface area contributed by atoms with Crippen molar-refractivity contribution in [2.75, 3.05) is 19.4 Å². The number of hydrogen-bond acceptors (Lipinski definition) is 4. The van der Waals surface area contributed by atoms with E-state index < -0.39 is 7.60 Å². The van der Waals surface area contributed by atoms with E-state index in [4.69, 9.17) is 9.05 Å². The molecule has 16 heavy (non-hydrogen) atoms. The maximum atomic E-state index is 12.1. The molecular weight excluding hydrogens is 225 g/mol. The van der Waals surface area contributed by atoms with Crippen molar-refractivity contribution < 1.29 is 13.6 Å². The Morgan fingerprint density at radius 1 is 1.31 bits per heavy atom. The zero-order valence-electron chi connectivity index (χ0n) is 9.76. The zero-order valence-corrected chi connectivity index (χ0v) is 10.7. The molecule has 0 aliphatic carbocycles. The Morgan fingerprint density at radius 3 is 2.50 bits per heavy atom. The highest BCUT2D eigenvalue weighted by Gasteiger charge is 2.22. The van der Waals surface area contributed by atoms with Crippen molar-refractivity contribution in [2.45, 2.75) is 20.3 Å². The van der Waals surface area contributed by atoms with Gasteiger partial charge in [0.2, 0.25) is 0 Å². The van der Waals surface area contributed by atoms with Crippen molar-refractivity contribution in [2.24, 2.45) is 0 Å². The van der Waals surface area contributed by atoms with Gasteiger partial charge in [0.1, 0.15) is 0 Å². The molecule has 0 fully saturated rings. The van der Waals surface area contributed by atoms with Gasteiger partial charge in [-0.1, -0.05) is 6.07 Å². The lowest BCUT2D eigenvalue weighted by molar-refractivity contribution is 0.220. The first-order valence-corrected chi connectivity index (χ1v) is 7.20. The Hall–Kier alpha value is -0.700. The first-order valence-electron chi connectivity index (χ1n) is 5.47. The summed E-state index contributed by atoms with van der Waals surface area (Å²) in [7, 11) is -2.91. The van der Waals surface area contributed by atoms with E-state index in [9.17, 15) is 4.57 Å². The number of nitrogens with zero attached hydrogens (tertiary/aromatic N) is 1. The van der Waals surface area contributed by atoms with Gasteiger partial charge in [-0.2, -0.15) is 0 Å². The molecule has 0 aliphatic rings. The van der Waals surface area contributed by atoms with Crippen LogP contribution in [-0.4, -0.2) is 24.4 Å². The predicted octanol–water partition coefficient (Wildman–Crippen LogP) is 2.89. The normalized spacial score (nSPS) is 11.6. The molecule has 1 rings (SSSR count). The van der Waals surface area contributed by atoms with Crippen molar-refractivity contribution in [3.05, 3.63) is 30.1 Å². The van der Waals surface area contributed by atoms with Crippen LogP contribution in [0.15, 0.2) is 24.5 Å². The van der Waals surface area contributed by atoms with Crippen LogP contribution in [0.1, 0.15) is 19.4 Å². The van der Waals surface area contributed by atoms with Crippen molar-refractivity contribution in [3.8, 4) is 0 Å². The summed E-state index contributed by atoms with van der Waals surface area (Å²) in [5, 5.41) is 0. The molecule has 0 amide bonds. The fourth-order valence-corrected chi connectivity index (χ4v) is 3.02. The van der Waals surface area contributed by atoms with Crippen LogP contribution in [0.25, 0.3) is 0 Å². The van der Waals surface area contributed by atoms with Gasteiger partial charge in [0.05, 0.1) is 19.4 Å². The molecule has 90 valence electrons. The molecule has 0 aliphatic heterocycles. The quantitative estimate of drug-likeness (QED) is 0.691. The van der Waals surface area contributed by atoms with E-state index in [0.29, 0.717) is 25.8 Å². The molecule has 0 N–H and O–H groups in total. The Kier molecular flexibility index (Phi) is 5.67. The molecule has 0 bridgehead atoms. The number of pyridine rings is 1. The molecule has 5 heteroatoms. The maximum Gasteiger partial charge on any atom is 0.330 e. The van der Waals surface area contributed by atoms with Gasteiger partial charge in [0.25, 0.3) is 0 Å². The maximum absolute atomic E-state index is 12.1. The van der Waals surface area contributed by atoms with E-state index in [-0.39, 0.29) is 0 Å². The van der Waals surface area contributed by atoms with Crippen LogP contribution < -0.4 is 0 Å². The summed E-state index contributed by atoms with van der Waals surface area (Å²) in [5.74, 6) is 0. The van der Waals surface area contributed by atoms with Crippen molar-refractivity contribution >= 4 is 7.60 Å². The Balaban J connectivity index is 2.53. The van der Waals surface area contributed by atoms with E-state index in [0.717, 1.165) is 5.56 Å². The molecule has 0 saturated carbocycles. The molecule has 0 spiro atoms. The molecule has 0 aromatic carbocycles.